The summed E-state index contributed by atoms with van der Waals surface area (Å²) < 4.78 is 205. The molecule has 36 nitrogen and oxygen atoms in total. The molecule has 0 aromatic carbocycles. The molecule has 0 unspecified atom stereocenters. The monoisotopic (exact) mass is 1780 g/mol. The molecular formula is C74H110F12N12O24. The molecule has 12 heterocycles. The van der Waals surface area contributed by atoms with Crippen molar-refractivity contribution in [3.63, 3.8) is 0 Å². The smallest absolute Gasteiger partial charge is 0.330 e. The third-order valence-corrected chi connectivity index (χ3v) is 21.8. The van der Waals surface area contributed by atoms with Gasteiger partial charge in [0, 0.05) is 73.6 Å². The van der Waals surface area contributed by atoms with E-state index in [2.05, 4.69) is 6.58 Å². The van der Waals surface area contributed by atoms with Gasteiger partial charge in [0.15, 0.2) is 6.10 Å². The molecule has 0 spiro atoms. The Hall–Kier alpha value is -9.50. The lowest BCUT2D eigenvalue weighted by molar-refractivity contribution is -0.154. The van der Waals surface area contributed by atoms with Crippen LogP contribution in [0.15, 0.2) is 144 Å². The van der Waals surface area contributed by atoms with E-state index in [-0.39, 0.29) is 51.0 Å². The average Bonchev–Trinajstić information content (AvgIpc) is 1.60. The first-order valence-corrected chi connectivity index (χ1v) is 35.4. The lowest BCUT2D eigenvalue weighted by Gasteiger charge is -2.30. The topological polar surface area (TPSA) is 506 Å². The number of aliphatic hydroxyl groups excluding tert-OH is 6. The largest absolute Gasteiger partial charge is 0.394 e. The van der Waals surface area contributed by atoms with Crippen molar-refractivity contribution in [1.29, 1.82) is 0 Å². The summed E-state index contributed by atoms with van der Waals surface area (Å²) in [5.74, 6) is -26.5. The number of hydrogen-bond acceptors (Lipinski definition) is 24. The lowest BCUT2D eigenvalue weighted by atomic mass is 9.82. The lowest BCUT2D eigenvalue weighted by Crippen LogP contribution is -2.45. The van der Waals surface area contributed by atoms with E-state index in [0.29, 0.717) is 42.1 Å². The number of nitrogens with one attached hydrogen (secondary N) is 6. The van der Waals surface area contributed by atoms with Gasteiger partial charge < -0.3 is 59.1 Å². The van der Waals surface area contributed by atoms with E-state index in [1.165, 1.54) is 33.8 Å². The Kier molecular flexibility index (Phi) is 37.9. The Labute approximate surface area is 687 Å². The zero-order valence-electron chi connectivity index (χ0n) is 62.9. The van der Waals surface area contributed by atoms with Gasteiger partial charge in [0.25, 0.3) is 63.0 Å². The van der Waals surface area contributed by atoms with Gasteiger partial charge in [-0.1, -0.05) is 113 Å². The number of ether oxygens (including phenoxy) is 6. The van der Waals surface area contributed by atoms with Gasteiger partial charge in [-0.15, -0.1) is 6.58 Å². The predicted octanol–water partition coefficient (Wildman–Crippen LogP) is 5.04. The van der Waals surface area contributed by atoms with Crippen molar-refractivity contribution in [2.24, 2.45) is 29.6 Å². The van der Waals surface area contributed by atoms with Gasteiger partial charge in [-0.3, -0.25) is 86.1 Å². The van der Waals surface area contributed by atoms with Crippen molar-refractivity contribution in [2.45, 2.75) is 246 Å². The summed E-state index contributed by atoms with van der Waals surface area (Å²) in [6.07, 6.45) is -7.61. The van der Waals surface area contributed by atoms with Crippen molar-refractivity contribution in [2.75, 3.05) is 33.0 Å². The fourth-order valence-corrected chi connectivity index (χ4v) is 13.8. The molecule has 0 saturated carbocycles. The van der Waals surface area contributed by atoms with Crippen LogP contribution >= 0.6 is 0 Å². The number of alkyl halides is 12. The van der Waals surface area contributed by atoms with Crippen LogP contribution in [0.3, 0.4) is 0 Å². The molecule has 6 saturated heterocycles. The number of rotatable bonds is 16. The van der Waals surface area contributed by atoms with Crippen LogP contribution in [0.25, 0.3) is 0 Å². The molecule has 0 amide bonds. The van der Waals surface area contributed by atoms with Gasteiger partial charge in [0.05, 0.1) is 79.9 Å². The highest BCUT2D eigenvalue weighted by molar-refractivity contribution is 5.12. The summed E-state index contributed by atoms with van der Waals surface area (Å²) >= 11 is 0. The highest BCUT2D eigenvalue weighted by atomic mass is 19.3. The Morgan fingerprint density at radius 3 is 0.795 bits per heavy atom. The molecule has 0 aliphatic carbocycles. The number of aromatic amines is 6. The molecule has 16 atom stereocenters. The molecule has 12 N–H and O–H groups in total. The van der Waals surface area contributed by atoms with E-state index in [1.54, 1.807) is 32.7 Å². The molecule has 6 aliphatic rings. The molecule has 694 valence electrons. The summed E-state index contributed by atoms with van der Waals surface area (Å²) in [5.41, 5.74) is -15.4. The Balaban J connectivity index is 0.000000725. The maximum atomic E-state index is 14.5. The normalized spacial score (nSPS) is 28.7. The van der Waals surface area contributed by atoms with Crippen LogP contribution in [-0.4, -0.2) is 197 Å². The molecular weight excluding hydrogens is 1670 g/mol. The number of nitrogens with zero attached hydrogens (tertiary/aromatic N) is 6. The first-order chi connectivity index (χ1) is 53.9. The number of hydrogen-bond donors (Lipinski definition) is 12. The van der Waals surface area contributed by atoms with Crippen LogP contribution in [0, 0.1) is 29.6 Å². The third-order valence-electron chi connectivity index (χ3n) is 21.8. The number of halogens is 12. The summed E-state index contributed by atoms with van der Waals surface area (Å²) in [7, 11) is 0. The highest BCUT2D eigenvalue weighted by Crippen LogP contribution is 2.57. The van der Waals surface area contributed by atoms with Crippen LogP contribution in [0.4, 0.5) is 52.7 Å². The summed E-state index contributed by atoms with van der Waals surface area (Å²) in [6, 6.07) is 5.74. The Bertz CT molecular complexity index is 4850. The highest BCUT2D eigenvalue weighted by Gasteiger charge is 2.68. The van der Waals surface area contributed by atoms with Gasteiger partial charge in [-0.25, -0.2) is 72.7 Å². The van der Waals surface area contributed by atoms with E-state index in [1.807, 2.05) is 24.9 Å². The van der Waals surface area contributed by atoms with Crippen LogP contribution in [0.2, 0.25) is 0 Å². The Morgan fingerprint density at radius 2 is 0.582 bits per heavy atom. The molecule has 122 heavy (non-hydrogen) atoms. The second-order valence-electron chi connectivity index (χ2n) is 27.8. The SMILES string of the molecule is C.C.C.C.C.C.C=C[C@]1(CC)O[C@@H](n2ccc(=O)[nH]c2=O)C(F)(F)[C@@H]1C.CCC1(CC)O[C@@H](n2ccc(=O)[nH]c2=O)C(F)(F)[C@@H]1C.CC[C@@]1(CO)O[C@@H](n2ccc(=O)[nH]c2=O)C(F)(F)[C@@H]1C.C[C@@H]1C(CO)(CO)O[C@@H](n2ccc(=O)[nH]c2=O)C1(F)F.C[C@@H]1[C@@H](CO)O[C@@H](n2ccc(=O)[nH]c2=O)C1(F)F.O=c1ccn([C@@H]2O[C@H](CO)[C@@H](O)C2(F)F)c(=O)[nH]1. The maximum Gasteiger partial charge on any atom is 0.330 e. The van der Waals surface area contributed by atoms with Crippen molar-refractivity contribution in [3.05, 3.63) is 211 Å². The summed E-state index contributed by atoms with van der Waals surface area (Å²) in [4.78, 5) is 146. The number of aromatic nitrogens is 12. The fraction of sp³-hybridized carbons (Fsp3) is 0.649. The molecule has 6 aliphatic heterocycles. The van der Waals surface area contributed by atoms with Crippen LogP contribution < -0.4 is 67.5 Å². The van der Waals surface area contributed by atoms with E-state index in [0.717, 1.165) is 85.1 Å². The maximum absolute atomic E-state index is 14.5. The summed E-state index contributed by atoms with van der Waals surface area (Å²) in [6.45, 7) is 13.3. The van der Waals surface area contributed by atoms with E-state index < -0.39 is 244 Å². The standard InChI is InChI=1S/C13H18F2N2O3.C13H16F2N2O3.C12H16F2N2O4.C11H14F2N2O5.C10H12F2N2O4.C9H10F2N2O5.6CH4/c2*1-4-12(5-2)8(3)13(14,15)10(20-12)17-7-6-9(18)16-11(17)19;1-3-11(6-17)7(2)12(13,14)9(20-11)16-5-4-8(18)15-10(16)19;1-6-10(4-16,5-17)20-8(11(6,12)13)15-3-2-7(18)14-9(15)19;1-5-6(4-15)18-8(10(5,11)12)14-3-2-7(16)13-9(14)17;10-9(11)6(16)4(3-14)18-7(9)13-2-1-5(15)12-8(13)17;;;;;;/h6-8,10H,4-5H2,1-3H3,(H,16,18,19);4,6-8,10H,1,5H2,2-3H3,(H,16,18,19);4-5,7,9,17H,3,6H2,1-2H3,(H,15,18,19);2-3,6,8,16-17H,4-5H2,1H3,(H,14,18,19);2-3,5-6,8,15H,4H2,1H3,(H,13,16,17);1-2,4,6-7,14,16H,3H2,(H,12,15,17);6*1H4/t8-,10-;8-,10-,12-;7-,9-,11+;6-,8-;5-,6-,8-;4-,6-,7-;;;;;;/m111111....../s1. The second-order valence-corrected chi connectivity index (χ2v) is 27.8. The third kappa shape index (κ3) is 20.8. The molecule has 0 bridgehead atoms. The first kappa shape index (κ1) is 111. The molecule has 6 aromatic heterocycles. The predicted molar refractivity (Wildman–Crippen MR) is 416 cm³/mol. The molecule has 0 radical (unpaired) electrons. The van der Waals surface area contributed by atoms with Crippen LogP contribution in [0.5, 0.6) is 0 Å². The molecule has 48 heteroatoms. The van der Waals surface area contributed by atoms with Gasteiger partial charge >= 0.3 is 40.1 Å². The van der Waals surface area contributed by atoms with Crippen molar-refractivity contribution in [3.8, 4) is 0 Å². The van der Waals surface area contributed by atoms with E-state index >= 15 is 0 Å². The quantitative estimate of drug-likeness (QED) is 0.0446. The molecule has 6 fully saturated rings. The summed E-state index contributed by atoms with van der Waals surface area (Å²) in [5, 5.41) is 54.9. The fourth-order valence-electron chi connectivity index (χ4n) is 13.8. The van der Waals surface area contributed by atoms with E-state index in [4.69, 9.17) is 38.6 Å². The minimum atomic E-state index is -3.75. The first-order valence-electron chi connectivity index (χ1n) is 35.4. The number of aliphatic hydroxyl groups is 6. The molecule has 6 aromatic rings. The van der Waals surface area contributed by atoms with Crippen LogP contribution in [-0.2, 0) is 28.4 Å². The molecule has 12 rings (SSSR count). The minimum absolute atomic E-state index is 0. The van der Waals surface area contributed by atoms with Gasteiger partial charge in [-0.05, 0) is 25.7 Å². The van der Waals surface area contributed by atoms with Crippen LogP contribution in [0.1, 0.15) is 170 Å². The number of H-pyrrole nitrogens is 6. The minimum Gasteiger partial charge on any atom is -0.394 e. The van der Waals surface area contributed by atoms with Gasteiger partial charge in [-0.2, -0.15) is 8.78 Å². The average molecular weight is 1780 g/mol. The van der Waals surface area contributed by atoms with Gasteiger partial charge in [0.1, 0.15) is 17.3 Å². The zero-order chi connectivity index (χ0) is 87.5. The zero-order valence-corrected chi connectivity index (χ0v) is 62.9. The van der Waals surface area contributed by atoms with Gasteiger partial charge in [0.2, 0.25) is 37.4 Å². The van der Waals surface area contributed by atoms with Crippen molar-refractivity contribution < 1.29 is 112 Å². The second kappa shape index (κ2) is 41.8. The Morgan fingerprint density at radius 1 is 0.344 bits per heavy atom. The van der Waals surface area contributed by atoms with E-state index in [9.17, 15) is 131 Å². The van der Waals surface area contributed by atoms with Crippen molar-refractivity contribution >= 4 is 0 Å². The van der Waals surface area contributed by atoms with Crippen molar-refractivity contribution in [1.82, 2.24) is 57.3 Å².